The molecule has 0 fully saturated rings. The van der Waals surface area contributed by atoms with E-state index >= 15 is 0 Å². The van der Waals surface area contributed by atoms with Gasteiger partial charge in [-0.2, -0.15) is 39.5 Å². The van der Waals surface area contributed by atoms with Crippen molar-refractivity contribution in [2.24, 2.45) is 0 Å². The van der Waals surface area contributed by atoms with E-state index in [0.717, 1.165) is 6.92 Å². The number of amides is 2. The number of hydrogen-bond acceptors (Lipinski definition) is 3. The van der Waals surface area contributed by atoms with Crippen molar-refractivity contribution in [1.82, 2.24) is 10.6 Å². The highest BCUT2D eigenvalue weighted by Gasteiger charge is 2.41. The van der Waals surface area contributed by atoms with Gasteiger partial charge in [0.25, 0.3) is 5.91 Å². The lowest BCUT2D eigenvalue weighted by Gasteiger charge is -2.20. The molecule has 0 heterocycles. The Morgan fingerprint density at radius 2 is 1.53 bits per heavy atom. The summed E-state index contributed by atoms with van der Waals surface area (Å²) in [6.45, 7) is -0.975. The second-order valence-electron chi connectivity index (χ2n) is 8.59. The van der Waals surface area contributed by atoms with Crippen LogP contribution in [0.4, 0.5) is 57.1 Å². The molecule has 2 aromatic rings. The molecule has 1 unspecified atom stereocenters. The fraction of sp³-hybridized carbons (Fsp3) is 0.333. The number of carbonyl (C=O) groups excluding carboxylic acids is 2. The van der Waals surface area contributed by atoms with Crippen LogP contribution in [0.5, 0.6) is 5.75 Å². The predicted octanol–water partition coefficient (Wildman–Crippen LogP) is 7.71. The molecule has 0 aromatic heterocycles. The number of rotatable bonds is 8. The quantitative estimate of drug-likeness (QED) is 0.285. The highest BCUT2D eigenvalue weighted by atomic mass is 35.5. The predicted molar refractivity (Wildman–Crippen MR) is 123 cm³/mol. The van der Waals surface area contributed by atoms with Crippen LogP contribution in [0.25, 0.3) is 5.83 Å². The van der Waals surface area contributed by atoms with Crippen LogP contribution in [-0.4, -0.2) is 43.1 Å². The van der Waals surface area contributed by atoms with Gasteiger partial charge in [-0.1, -0.05) is 17.7 Å². The average Bonchev–Trinajstić information content (AvgIpc) is 2.81. The summed E-state index contributed by atoms with van der Waals surface area (Å²) in [6.07, 6.45) is -21.3. The van der Waals surface area contributed by atoms with E-state index in [4.69, 9.17) is 11.6 Å². The Kier molecular flexibility index (Phi) is 10.6. The second-order valence-corrected chi connectivity index (χ2v) is 9.02. The molecular formula is C24H16ClF13N2O3. The largest absolute Gasteiger partial charge is 0.573 e. The molecule has 0 spiro atoms. The van der Waals surface area contributed by atoms with Gasteiger partial charge in [0.15, 0.2) is 0 Å². The first kappa shape index (κ1) is 35.5. The van der Waals surface area contributed by atoms with Gasteiger partial charge in [-0.25, -0.2) is 4.39 Å². The number of ether oxygens (including phenoxy) is 1. The maximum Gasteiger partial charge on any atom is 0.573 e. The van der Waals surface area contributed by atoms with Gasteiger partial charge in [0, 0.05) is 10.6 Å². The monoisotopic (exact) mass is 662 g/mol. The van der Waals surface area contributed by atoms with E-state index in [1.807, 2.05) is 0 Å². The van der Waals surface area contributed by atoms with Gasteiger partial charge >= 0.3 is 24.9 Å². The van der Waals surface area contributed by atoms with Gasteiger partial charge < -0.3 is 15.4 Å². The van der Waals surface area contributed by atoms with Gasteiger partial charge in [-0.3, -0.25) is 9.59 Å². The number of allylic oxidation sites excluding steroid dienone is 1. The summed E-state index contributed by atoms with van der Waals surface area (Å²) in [4.78, 5) is 24.1. The van der Waals surface area contributed by atoms with E-state index in [2.05, 4.69) is 4.74 Å². The average molecular weight is 663 g/mol. The first-order valence-corrected chi connectivity index (χ1v) is 11.6. The Balaban J connectivity index is 2.48. The van der Waals surface area contributed by atoms with Crippen LogP contribution in [-0.2, 0) is 11.0 Å². The topological polar surface area (TPSA) is 67.4 Å². The Hall–Kier alpha value is -3.70. The van der Waals surface area contributed by atoms with E-state index in [-0.39, 0.29) is 18.2 Å². The highest BCUT2D eigenvalue weighted by molar-refractivity contribution is 6.30. The van der Waals surface area contributed by atoms with Gasteiger partial charge in [0.2, 0.25) is 5.91 Å². The molecule has 2 amide bonds. The molecule has 5 nitrogen and oxygen atoms in total. The molecule has 0 bridgehead atoms. The summed E-state index contributed by atoms with van der Waals surface area (Å²) in [5.74, 6) is -9.27. The van der Waals surface area contributed by atoms with Crippen LogP contribution in [0.2, 0.25) is 5.02 Å². The zero-order valence-electron chi connectivity index (χ0n) is 20.9. The summed E-state index contributed by atoms with van der Waals surface area (Å²) in [7, 11) is 0. The van der Waals surface area contributed by atoms with Crippen LogP contribution in [0.15, 0.2) is 42.5 Å². The minimum Gasteiger partial charge on any atom is -0.406 e. The highest BCUT2D eigenvalue weighted by Crippen LogP contribution is 2.42. The first-order valence-electron chi connectivity index (χ1n) is 11.2. The smallest absolute Gasteiger partial charge is 0.406 e. The van der Waals surface area contributed by atoms with Gasteiger partial charge in [-0.15, -0.1) is 13.2 Å². The minimum absolute atomic E-state index is 0.0568. The van der Waals surface area contributed by atoms with Crippen LogP contribution >= 0.6 is 11.6 Å². The lowest BCUT2D eigenvalue weighted by atomic mass is 9.95. The maximum atomic E-state index is 15.0. The van der Waals surface area contributed by atoms with E-state index < -0.39 is 94.1 Å². The van der Waals surface area contributed by atoms with Crippen molar-refractivity contribution in [2.45, 2.75) is 43.8 Å². The van der Waals surface area contributed by atoms with Crippen LogP contribution in [0, 0.1) is 0 Å². The van der Waals surface area contributed by atoms with E-state index in [1.165, 1.54) is 5.32 Å². The molecular weight excluding hydrogens is 647 g/mol. The lowest BCUT2D eigenvalue weighted by molar-refractivity contribution is -0.274. The van der Waals surface area contributed by atoms with Gasteiger partial charge in [0.1, 0.15) is 30.1 Å². The number of carbonyl (C=O) groups is 2. The minimum atomic E-state index is -5.44. The summed E-state index contributed by atoms with van der Waals surface area (Å²) in [5, 5.41) is 2.42. The van der Waals surface area contributed by atoms with Crippen LogP contribution < -0.4 is 15.4 Å². The maximum absolute atomic E-state index is 15.0. The summed E-state index contributed by atoms with van der Waals surface area (Å²) < 4.78 is 175. The van der Waals surface area contributed by atoms with Crippen molar-refractivity contribution < 1.29 is 71.4 Å². The number of benzene rings is 2. The Labute approximate surface area is 237 Å². The fourth-order valence-electron chi connectivity index (χ4n) is 3.38. The van der Waals surface area contributed by atoms with Crippen molar-refractivity contribution >= 4 is 29.2 Å². The molecule has 0 saturated carbocycles. The number of halogens is 14. The molecule has 19 heteroatoms. The first-order chi connectivity index (χ1) is 19.4. The third-order valence-corrected chi connectivity index (χ3v) is 5.42. The lowest BCUT2D eigenvalue weighted by Crippen LogP contribution is -2.47. The van der Waals surface area contributed by atoms with Crippen molar-refractivity contribution in [1.29, 1.82) is 0 Å². The molecule has 0 saturated heterocycles. The third-order valence-electron chi connectivity index (χ3n) is 5.20. The van der Waals surface area contributed by atoms with E-state index in [1.54, 1.807) is 5.32 Å². The number of nitrogens with one attached hydrogen (secondary N) is 2. The van der Waals surface area contributed by atoms with Crippen molar-refractivity contribution in [2.75, 3.05) is 6.54 Å². The molecule has 0 radical (unpaired) electrons. The molecule has 2 N–H and O–H groups in total. The summed E-state index contributed by atoms with van der Waals surface area (Å²) in [6, 6.07) is 0.205. The summed E-state index contributed by atoms with van der Waals surface area (Å²) in [5.41, 5.74) is -5.39. The normalized spacial score (nSPS) is 14.6. The molecule has 0 aliphatic carbocycles. The van der Waals surface area contributed by atoms with E-state index in [0.29, 0.717) is 24.3 Å². The number of alkyl halides is 12. The molecule has 2 rings (SSSR count). The Bertz CT molecular complexity index is 1370. The number of hydrogen-bond donors (Lipinski definition) is 2. The van der Waals surface area contributed by atoms with Gasteiger partial charge in [0.05, 0.1) is 11.1 Å². The van der Waals surface area contributed by atoms with E-state index in [9.17, 15) is 66.7 Å². The van der Waals surface area contributed by atoms with Crippen LogP contribution in [0.3, 0.4) is 0 Å². The molecule has 2 atom stereocenters. The SMILES string of the molecule is C[C@@H](NC(=O)c1ccc(/C(F)=C/C(c2cc(Cl)cc(OC(F)(F)F)c2)C(F)(F)F)cc1C(F)(F)F)C(=O)NCC(F)(F)F. The fourth-order valence-corrected chi connectivity index (χ4v) is 3.62. The van der Waals surface area contributed by atoms with Crippen LogP contribution in [0.1, 0.15) is 39.9 Å². The third kappa shape index (κ3) is 10.8. The molecule has 238 valence electrons. The zero-order valence-corrected chi connectivity index (χ0v) is 21.7. The van der Waals surface area contributed by atoms with Crippen molar-refractivity contribution in [3.05, 3.63) is 69.8 Å². The molecule has 43 heavy (non-hydrogen) atoms. The standard InChI is InChI=1S/C24H16ClF13N2O3/c1-10(19(41)39-9-21(27,28)29)40-20(42)15-3-2-11(6-17(15)23(33,34)35)18(26)8-16(22(30,31)32)12-4-13(25)7-14(5-12)43-24(36,37)38/h2-8,10,16H,9H2,1H3,(H,39,41)(H,40,42)/b18-8-/t10-,16?/m1/s1. The van der Waals surface area contributed by atoms with Crippen molar-refractivity contribution in [3.8, 4) is 5.75 Å². The Morgan fingerprint density at radius 3 is 2.05 bits per heavy atom. The second kappa shape index (κ2) is 12.9. The Morgan fingerprint density at radius 1 is 0.930 bits per heavy atom. The molecule has 2 aromatic carbocycles. The molecule has 0 aliphatic rings. The summed E-state index contributed by atoms with van der Waals surface area (Å²) >= 11 is 5.57. The zero-order chi connectivity index (χ0) is 33.1. The van der Waals surface area contributed by atoms with Crippen molar-refractivity contribution in [3.63, 3.8) is 0 Å². The van der Waals surface area contributed by atoms with Gasteiger partial charge in [-0.05, 0) is 48.9 Å². The molecule has 0 aliphatic heterocycles.